The van der Waals surface area contributed by atoms with E-state index in [0.29, 0.717) is 19.4 Å². The summed E-state index contributed by atoms with van der Waals surface area (Å²) in [7, 11) is 1.62. The Morgan fingerprint density at radius 2 is 1.45 bits per heavy atom. The average molecular weight is 453 g/mol. The van der Waals surface area contributed by atoms with Crippen LogP contribution in [0.4, 0.5) is 0 Å². The largest absolute Gasteiger partial charge is 0.497 e. The van der Waals surface area contributed by atoms with Gasteiger partial charge in [-0.2, -0.15) is 0 Å². The van der Waals surface area contributed by atoms with Gasteiger partial charge in [-0.25, -0.2) is 0 Å². The fourth-order valence-electron chi connectivity index (χ4n) is 3.55. The van der Waals surface area contributed by atoms with Gasteiger partial charge in [0.25, 0.3) is 0 Å². The lowest BCUT2D eigenvalue weighted by Gasteiger charge is -2.31. The van der Waals surface area contributed by atoms with Crippen molar-refractivity contribution < 1.29 is 14.3 Å². The predicted octanol–water partition coefficient (Wildman–Crippen LogP) is 5.26. The number of aryl methyl sites for hydroxylation is 1. The molecular formula is C28H40N2O3. The zero-order valence-corrected chi connectivity index (χ0v) is 21.5. The second-order valence-electron chi connectivity index (χ2n) is 10.7. The molecule has 2 aromatic carbocycles. The number of carbonyl (C=O) groups is 2. The lowest BCUT2D eigenvalue weighted by atomic mass is 9.86. The van der Waals surface area contributed by atoms with Crippen LogP contribution < -0.4 is 10.1 Å². The smallest absolute Gasteiger partial charge is 0.242 e. The Labute approximate surface area is 199 Å². The summed E-state index contributed by atoms with van der Waals surface area (Å²) < 4.78 is 5.23. The van der Waals surface area contributed by atoms with Gasteiger partial charge in [0.1, 0.15) is 11.8 Å². The standard InChI is InChI=1S/C28H40N2O3/c1-20(26(32)29-28(5,6)7)30(19-22-11-16-24(33-8)17-12-22)25(31)18-13-21-9-14-23(15-10-21)27(2,3)4/h9-12,14-17,20H,13,18-19H2,1-8H3,(H,29,32). The van der Waals surface area contributed by atoms with Crippen LogP contribution in [0.15, 0.2) is 48.5 Å². The van der Waals surface area contributed by atoms with Crippen LogP contribution in [-0.4, -0.2) is 35.4 Å². The molecule has 5 heteroatoms. The topological polar surface area (TPSA) is 58.6 Å². The first-order valence-electron chi connectivity index (χ1n) is 11.6. The molecule has 0 saturated carbocycles. The van der Waals surface area contributed by atoms with Gasteiger partial charge >= 0.3 is 0 Å². The molecule has 0 bridgehead atoms. The highest BCUT2D eigenvalue weighted by Crippen LogP contribution is 2.23. The van der Waals surface area contributed by atoms with Crippen LogP contribution in [-0.2, 0) is 28.0 Å². The first kappa shape index (κ1) is 26.4. The molecule has 1 unspecified atom stereocenters. The van der Waals surface area contributed by atoms with Gasteiger partial charge in [0.05, 0.1) is 7.11 Å². The van der Waals surface area contributed by atoms with Gasteiger partial charge in [-0.1, -0.05) is 57.2 Å². The Balaban J connectivity index is 2.16. The minimum absolute atomic E-state index is 0.0396. The molecule has 180 valence electrons. The summed E-state index contributed by atoms with van der Waals surface area (Å²) in [6, 6.07) is 15.5. The van der Waals surface area contributed by atoms with Crippen LogP contribution in [0.3, 0.4) is 0 Å². The van der Waals surface area contributed by atoms with Crippen molar-refractivity contribution in [3.63, 3.8) is 0 Å². The van der Waals surface area contributed by atoms with E-state index in [4.69, 9.17) is 4.74 Å². The zero-order chi connectivity index (χ0) is 24.8. The number of methoxy groups -OCH3 is 1. The normalized spacial score (nSPS) is 12.7. The van der Waals surface area contributed by atoms with Crippen molar-refractivity contribution in [1.29, 1.82) is 0 Å². The summed E-state index contributed by atoms with van der Waals surface area (Å²) in [5.41, 5.74) is 3.07. The molecule has 0 aromatic heterocycles. The number of hydrogen-bond acceptors (Lipinski definition) is 3. The van der Waals surface area contributed by atoms with Gasteiger partial charge in [0, 0.05) is 18.5 Å². The summed E-state index contributed by atoms with van der Waals surface area (Å²) >= 11 is 0. The van der Waals surface area contributed by atoms with Gasteiger partial charge in [-0.15, -0.1) is 0 Å². The minimum atomic E-state index is -0.581. The Hall–Kier alpha value is -2.82. The van der Waals surface area contributed by atoms with E-state index in [1.54, 1.807) is 18.9 Å². The monoisotopic (exact) mass is 452 g/mol. The molecule has 0 fully saturated rings. The maximum Gasteiger partial charge on any atom is 0.242 e. The Morgan fingerprint density at radius 1 is 0.909 bits per heavy atom. The highest BCUT2D eigenvalue weighted by Gasteiger charge is 2.28. The average Bonchev–Trinajstić information content (AvgIpc) is 2.74. The van der Waals surface area contributed by atoms with E-state index < -0.39 is 6.04 Å². The third-order valence-corrected chi connectivity index (χ3v) is 5.62. The molecule has 0 aliphatic heterocycles. The molecule has 1 atom stereocenters. The van der Waals surface area contributed by atoms with Gasteiger partial charge in [-0.3, -0.25) is 9.59 Å². The van der Waals surface area contributed by atoms with Crippen molar-refractivity contribution >= 4 is 11.8 Å². The van der Waals surface area contributed by atoms with E-state index in [0.717, 1.165) is 16.9 Å². The van der Waals surface area contributed by atoms with Gasteiger partial charge < -0.3 is 15.0 Å². The van der Waals surface area contributed by atoms with Crippen LogP contribution >= 0.6 is 0 Å². The fraction of sp³-hybridized carbons (Fsp3) is 0.500. The van der Waals surface area contributed by atoms with Gasteiger partial charge in [0.2, 0.25) is 11.8 Å². The molecule has 0 saturated heterocycles. The molecule has 2 amide bonds. The maximum atomic E-state index is 13.3. The number of ether oxygens (including phenoxy) is 1. The molecule has 0 heterocycles. The lowest BCUT2D eigenvalue weighted by Crippen LogP contribution is -2.52. The van der Waals surface area contributed by atoms with Crippen LogP contribution in [0.2, 0.25) is 0 Å². The molecule has 0 aliphatic rings. The first-order valence-corrected chi connectivity index (χ1v) is 11.6. The number of nitrogens with one attached hydrogen (secondary N) is 1. The number of nitrogens with zero attached hydrogens (tertiary/aromatic N) is 1. The highest BCUT2D eigenvalue weighted by atomic mass is 16.5. The quantitative estimate of drug-likeness (QED) is 0.595. The number of rotatable bonds is 8. The van der Waals surface area contributed by atoms with E-state index in [1.165, 1.54) is 5.56 Å². The molecule has 33 heavy (non-hydrogen) atoms. The van der Waals surface area contributed by atoms with Crippen molar-refractivity contribution in [3.8, 4) is 5.75 Å². The van der Waals surface area contributed by atoms with Crippen molar-refractivity contribution in [2.45, 2.75) is 84.8 Å². The lowest BCUT2D eigenvalue weighted by molar-refractivity contribution is -0.141. The predicted molar refractivity (Wildman–Crippen MR) is 134 cm³/mol. The van der Waals surface area contributed by atoms with E-state index in [-0.39, 0.29) is 22.8 Å². The molecule has 2 rings (SSSR count). The summed E-state index contributed by atoms with van der Waals surface area (Å²) in [6.07, 6.45) is 0.980. The van der Waals surface area contributed by atoms with Crippen LogP contribution in [0.5, 0.6) is 5.75 Å². The SMILES string of the molecule is COc1ccc(CN(C(=O)CCc2ccc(C(C)(C)C)cc2)C(C)C(=O)NC(C)(C)C)cc1. The molecule has 0 radical (unpaired) electrons. The maximum absolute atomic E-state index is 13.3. The van der Waals surface area contributed by atoms with Gasteiger partial charge in [-0.05, 0) is 68.4 Å². The third-order valence-electron chi connectivity index (χ3n) is 5.62. The molecule has 0 spiro atoms. The van der Waals surface area contributed by atoms with Crippen molar-refractivity contribution in [2.24, 2.45) is 0 Å². The van der Waals surface area contributed by atoms with E-state index in [9.17, 15) is 9.59 Å². The van der Waals surface area contributed by atoms with Crippen molar-refractivity contribution in [2.75, 3.05) is 7.11 Å². The van der Waals surface area contributed by atoms with E-state index in [1.807, 2.05) is 45.0 Å². The number of benzene rings is 2. The van der Waals surface area contributed by atoms with Crippen molar-refractivity contribution in [1.82, 2.24) is 10.2 Å². The molecular weight excluding hydrogens is 412 g/mol. The zero-order valence-electron chi connectivity index (χ0n) is 21.5. The Bertz CT molecular complexity index is 920. The third kappa shape index (κ3) is 8.23. The summed E-state index contributed by atoms with van der Waals surface area (Å²) in [6.45, 7) is 14.5. The molecule has 0 aliphatic carbocycles. The number of hydrogen-bond donors (Lipinski definition) is 1. The van der Waals surface area contributed by atoms with Crippen molar-refractivity contribution in [3.05, 3.63) is 65.2 Å². The van der Waals surface area contributed by atoms with Crippen LogP contribution in [0.1, 0.15) is 71.6 Å². The second-order valence-corrected chi connectivity index (χ2v) is 10.7. The highest BCUT2D eigenvalue weighted by molar-refractivity contribution is 5.87. The second kappa shape index (κ2) is 10.9. The molecule has 1 N–H and O–H groups in total. The van der Waals surface area contributed by atoms with Crippen LogP contribution in [0.25, 0.3) is 0 Å². The first-order chi connectivity index (χ1) is 15.3. The number of amides is 2. The summed E-state index contributed by atoms with van der Waals surface area (Å²) in [5.74, 6) is 0.565. The van der Waals surface area contributed by atoms with Gasteiger partial charge in [0.15, 0.2) is 0 Å². The molecule has 5 nitrogen and oxygen atoms in total. The number of carbonyl (C=O) groups excluding carboxylic acids is 2. The summed E-state index contributed by atoms with van der Waals surface area (Å²) in [5, 5.41) is 3.00. The van der Waals surface area contributed by atoms with E-state index >= 15 is 0 Å². The van der Waals surface area contributed by atoms with E-state index in [2.05, 4.69) is 50.4 Å². The minimum Gasteiger partial charge on any atom is -0.497 e. The molecule has 2 aromatic rings. The Morgan fingerprint density at radius 3 is 1.94 bits per heavy atom. The summed E-state index contributed by atoms with van der Waals surface area (Å²) in [4.78, 5) is 27.9. The van der Waals surface area contributed by atoms with Crippen LogP contribution in [0, 0.1) is 0 Å². The fourth-order valence-corrected chi connectivity index (χ4v) is 3.55. The Kier molecular flexibility index (Phi) is 8.70.